The summed E-state index contributed by atoms with van der Waals surface area (Å²) in [6.45, 7) is 6.78. The molecule has 0 aromatic rings. The molecule has 0 bridgehead atoms. The average molecular weight is 405 g/mol. The van der Waals surface area contributed by atoms with Gasteiger partial charge in [-0.25, -0.2) is 0 Å². The summed E-state index contributed by atoms with van der Waals surface area (Å²) in [6, 6.07) is 0. The minimum Gasteiger partial charge on any atom is -0.324 e. The van der Waals surface area contributed by atoms with Gasteiger partial charge in [-0.05, 0) is 32.1 Å². The van der Waals surface area contributed by atoms with Crippen molar-refractivity contribution in [1.29, 1.82) is 0 Å². The standard InChI is InChI=1S/C22H45NO3S/c1-2-3-4-5-6-7-8-9-10-11-12-14-18-23(19-15-13-16-20-23)21-17-22-27(24,25)26/h2-22H2,1H3/p+1. The zero-order chi connectivity index (χ0) is 19.8. The van der Waals surface area contributed by atoms with Crippen LogP contribution in [0.15, 0.2) is 0 Å². The lowest BCUT2D eigenvalue weighted by Crippen LogP contribution is -2.52. The van der Waals surface area contributed by atoms with E-state index in [4.69, 9.17) is 4.55 Å². The number of hydrogen-bond donors (Lipinski definition) is 1. The molecule has 1 saturated heterocycles. The number of piperidine rings is 1. The molecule has 0 aliphatic carbocycles. The van der Waals surface area contributed by atoms with Crippen LogP contribution in [0.2, 0.25) is 0 Å². The molecular formula is C22H46NO3S+. The summed E-state index contributed by atoms with van der Waals surface area (Å²) in [7, 11) is -3.81. The number of unbranched alkanes of at least 4 members (excludes halogenated alkanes) is 11. The van der Waals surface area contributed by atoms with E-state index in [0.29, 0.717) is 6.42 Å². The molecule has 1 N–H and O–H groups in total. The molecule has 0 radical (unpaired) electrons. The second-order valence-electron chi connectivity index (χ2n) is 8.83. The van der Waals surface area contributed by atoms with Crippen molar-refractivity contribution < 1.29 is 17.5 Å². The van der Waals surface area contributed by atoms with Gasteiger partial charge < -0.3 is 4.48 Å². The zero-order valence-electron chi connectivity index (χ0n) is 18.0. The predicted molar refractivity (Wildman–Crippen MR) is 116 cm³/mol. The van der Waals surface area contributed by atoms with Crippen LogP contribution >= 0.6 is 0 Å². The molecule has 0 spiro atoms. The molecule has 27 heavy (non-hydrogen) atoms. The van der Waals surface area contributed by atoms with E-state index in [1.165, 1.54) is 116 Å². The Labute approximate surface area is 169 Å². The molecule has 0 aromatic heterocycles. The van der Waals surface area contributed by atoms with E-state index < -0.39 is 10.1 Å². The van der Waals surface area contributed by atoms with Crippen LogP contribution in [0.4, 0.5) is 0 Å². The first-order chi connectivity index (χ1) is 13.0. The molecule has 0 saturated carbocycles. The summed E-state index contributed by atoms with van der Waals surface area (Å²) in [6.07, 6.45) is 21.0. The van der Waals surface area contributed by atoms with Crippen molar-refractivity contribution in [2.24, 2.45) is 0 Å². The molecule has 1 heterocycles. The number of rotatable bonds is 17. The summed E-state index contributed by atoms with van der Waals surface area (Å²) in [4.78, 5) is 0. The normalized spacial score (nSPS) is 17.3. The SMILES string of the molecule is CCCCCCCCCCCCCC[N+]1(CCCS(=O)(=O)O)CCCCC1. The maximum atomic E-state index is 11.0. The Morgan fingerprint density at radius 3 is 1.59 bits per heavy atom. The van der Waals surface area contributed by atoms with Gasteiger partial charge in [0.1, 0.15) is 0 Å². The molecule has 1 rings (SSSR count). The third-order valence-corrected chi connectivity index (χ3v) is 7.09. The fourth-order valence-corrected chi connectivity index (χ4v) is 5.11. The third-order valence-electron chi connectivity index (χ3n) is 6.29. The summed E-state index contributed by atoms with van der Waals surface area (Å²) >= 11 is 0. The van der Waals surface area contributed by atoms with E-state index in [-0.39, 0.29) is 5.75 Å². The minimum absolute atomic E-state index is 0.0779. The van der Waals surface area contributed by atoms with Gasteiger partial charge in [-0.15, -0.1) is 0 Å². The smallest absolute Gasteiger partial charge is 0.265 e. The lowest BCUT2D eigenvalue weighted by molar-refractivity contribution is -0.932. The highest BCUT2D eigenvalue weighted by molar-refractivity contribution is 7.85. The van der Waals surface area contributed by atoms with Gasteiger partial charge in [0.2, 0.25) is 0 Å². The molecule has 1 aliphatic heterocycles. The lowest BCUT2D eigenvalue weighted by Gasteiger charge is -2.42. The van der Waals surface area contributed by atoms with Crippen molar-refractivity contribution in [1.82, 2.24) is 0 Å². The number of nitrogens with zero attached hydrogens (tertiary/aromatic N) is 1. The molecule has 0 amide bonds. The molecule has 0 aromatic carbocycles. The first kappa shape index (κ1) is 24.9. The topological polar surface area (TPSA) is 54.4 Å². The van der Waals surface area contributed by atoms with Crippen LogP contribution in [-0.2, 0) is 10.1 Å². The van der Waals surface area contributed by atoms with Crippen molar-refractivity contribution in [2.45, 2.75) is 110 Å². The van der Waals surface area contributed by atoms with Gasteiger partial charge in [-0.3, -0.25) is 4.55 Å². The monoisotopic (exact) mass is 404 g/mol. The first-order valence-corrected chi connectivity index (χ1v) is 13.4. The second kappa shape index (κ2) is 14.8. The molecule has 0 atom stereocenters. The van der Waals surface area contributed by atoms with Crippen molar-refractivity contribution in [3.05, 3.63) is 0 Å². The summed E-state index contributed by atoms with van der Waals surface area (Å²) in [5, 5.41) is 0. The number of likely N-dealkylation sites (tertiary alicyclic amines) is 1. The molecular weight excluding hydrogens is 358 g/mol. The molecule has 1 fully saturated rings. The van der Waals surface area contributed by atoms with Crippen LogP contribution < -0.4 is 0 Å². The van der Waals surface area contributed by atoms with E-state index in [1.807, 2.05) is 0 Å². The fourth-order valence-electron chi connectivity index (χ4n) is 4.61. The predicted octanol–water partition coefficient (Wildman–Crippen LogP) is 5.97. The van der Waals surface area contributed by atoms with E-state index in [0.717, 1.165) is 11.0 Å². The van der Waals surface area contributed by atoms with Crippen LogP contribution in [0.5, 0.6) is 0 Å². The van der Waals surface area contributed by atoms with Gasteiger partial charge in [-0.1, -0.05) is 71.1 Å². The zero-order valence-corrected chi connectivity index (χ0v) is 18.8. The highest BCUT2D eigenvalue weighted by atomic mass is 32.2. The van der Waals surface area contributed by atoms with Gasteiger partial charge in [0.15, 0.2) is 0 Å². The summed E-state index contributed by atoms with van der Waals surface area (Å²) < 4.78 is 32.1. The largest absolute Gasteiger partial charge is 0.324 e. The van der Waals surface area contributed by atoms with Crippen LogP contribution in [0.1, 0.15) is 110 Å². The highest BCUT2D eigenvalue weighted by Crippen LogP contribution is 2.22. The Morgan fingerprint density at radius 2 is 1.11 bits per heavy atom. The van der Waals surface area contributed by atoms with Crippen molar-refractivity contribution in [2.75, 3.05) is 31.9 Å². The average Bonchev–Trinajstić information content (AvgIpc) is 2.62. The maximum absolute atomic E-state index is 11.0. The van der Waals surface area contributed by atoms with Crippen LogP contribution in [-0.4, -0.2) is 49.4 Å². The Balaban J connectivity index is 2.07. The van der Waals surface area contributed by atoms with E-state index >= 15 is 0 Å². The summed E-state index contributed by atoms with van der Waals surface area (Å²) in [5.41, 5.74) is 0. The van der Waals surface area contributed by atoms with Crippen molar-refractivity contribution in [3.63, 3.8) is 0 Å². The van der Waals surface area contributed by atoms with Gasteiger partial charge in [0, 0.05) is 6.42 Å². The highest BCUT2D eigenvalue weighted by Gasteiger charge is 2.29. The Bertz CT molecular complexity index is 444. The Kier molecular flexibility index (Phi) is 13.7. The Hall–Kier alpha value is -0.130. The van der Waals surface area contributed by atoms with Gasteiger partial charge >= 0.3 is 0 Å². The quantitative estimate of drug-likeness (QED) is 0.185. The lowest BCUT2D eigenvalue weighted by atomic mass is 10.0. The molecule has 162 valence electrons. The maximum Gasteiger partial charge on any atom is 0.265 e. The van der Waals surface area contributed by atoms with E-state index in [2.05, 4.69) is 6.92 Å². The molecule has 0 unspecified atom stereocenters. The van der Waals surface area contributed by atoms with Crippen LogP contribution in [0.3, 0.4) is 0 Å². The van der Waals surface area contributed by atoms with E-state index in [1.54, 1.807) is 0 Å². The van der Waals surface area contributed by atoms with Gasteiger partial charge in [0.05, 0.1) is 31.9 Å². The molecule has 5 heteroatoms. The Morgan fingerprint density at radius 1 is 0.667 bits per heavy atom. The second-order valence-corrected chi connectivity index (χ2v) is 10.4. The van der Waals surface area contributed by atoms with Crippen LogP contribution in [0.25, 0.3) is 0 Å². The molecule has 1 aliphatic rings. The van der Waals surface area contributed by atoms with Crippen molar-refractivity contribution >= 4 is 10.1 Å². The van der Waals surface area contributed by atoms with E-state index in [9.17, 15) is 8.42 Å². The summed E-state index contributed by atoms with van der Waals surface area (Å²) in [5.74, 6) is -0.0779. The minimum atomic E-state index is -3.81. The van der Waals surface area contributed by atoms with Crippen molar-refractivity contribution in [3.8, 4) is 0 Å². The molecule has 4 nitrogen and oxygen atoms in total. The van der Waals surface area contributed by atoms with Gasteiger partial charge in [-0.2, -0.15) is 8.42 Å². The number of quaternary nitrogens is 1. The number of hydrogen-bond acceptors (Lipinski definition) is 2. The van der Waals surface area contributed by atoms with Gasteiger partial charge in [0.25, 0.3) is 10.1 Å². The fraction of sp³-hybridized carbons (Fsp3) is 1.00. The van der Waals surface area contributed by atoms with Crippen LogP contribution in [0, 0.1) is 0 Å². The first-order valence-electron chi connectivity index (χ1n) is 11.8. The third kappa shape index (κ3) is 13.6.